The van der Waals surface area contributed by atoms with Crippen molar-refractivity contribution < 1.29 is 13.9 Å². The minimum Gasteiger partial charge on any atom is -0.481 e. The number of nitrogens with one attached hydrogen (secondary N) is 1. The molecule has 2 aromatic heterocycles. The second-order valence-corrected chi connectivity index (χ2v) is 6.11. The molecule has 0 aliphatic heterocycles. The van der Waals surface area contributed by atoms with Gasteiger partial charge in [-0.1, -0.05) is 17.8 Å². The first-order valence-electron chi connectivity index (χ1n) is 7.77. The summed E-state index contributed by atoms with van der Waals surface area (Å²) in [4.78, 5) is 21.0. The molecule has 8 heteroatoms. The van der Waals surface area contributed by atoms with Crippen LogP contribution in [-0.4, -0.2) is 33.8 Å². The number of amides is 1. The van der Waals surface area contributed by atoms with Gasteiger partial charge >= 0.3 is 0 Å². The first-order chi connectivity index (χ1) is 12.6. The van der Waals surface area contributed by atoms with Crippen molar-refractivity contribution >= 4 is 17.7 Å². The van der Waals surface area contributed by atoms with E-state index in [9.17, 15) is 9.18 Å². The molecule has 1 N–H and O–H groups in total. The van der Waals surface area contributed by atoms with E-state index in [1.807, 2.05) is 12.3 Å². The maximum atomic E-state index is 13.2. The van der Waals surface area contributed by atoms with E-state index in [0.29, 0.717) is 29.0 Å². The molecule has 0 unspecified atom stereocenters. The van der Waals surface area contributed by atoms with Crippen molar-refractivity contribution in [3.8, 4) is 11.6 Å². The highest BCUT2D eigenvalue weighted by Crippen LogP contribution is 2.22. The Morgan fingerprint density at radius 3 is 2.58 bits per heavy atom. The zero-order valence-corrected chi connectivity index (χ0v) is 15.1. The van der Waals surface area contributed by atoms with Crippen molar-refractivity contribution in [3.05, 3.63) is 65.9 Å². The largest absolute Gasteiger partial charge is 0.481 e. The highest BCUT2D eigenvalue weighted by Gasteiger charge is 2.17. The third-order valence-corrected chi connectivity index (χ3v) is 4.34. The van der Waals surface area contributed by atoms with Crippen LogP contribution in [-0.2, 0) is 6.54 Å². The topological polar surface area (TPSA) is 69.0 Å². The minimum atomic E-state index is -0.336. The summed E-state index contributed by atoms with van der Waals surface area (Å²) in [5.74, 6) is -0.102. The van der Waals surface area contributed by atoms with E-state index in [-0.39, 0.29) is 11.7 Å². The van der Waals surface area contributed by atoms with Crippen LogP contribution in [0.1, 0.15) is 16.1 Å². The molecule has 0 aliphatic carbocycles. The Morgan fingerprint density at radius 1 is 1.19 bits per heavy atom. The number of hydrogen-bond donors (Lipinski definition) is 1. The van der Waals surface area contributed by atoms with Crippen molar-refractivity contribution in [2.45, 2.75) is 11.7 Å². The van der Waals surface area contributed by atoms with Crippen LogP contribution in [0.25, 0.3) is 5.69 Å². The number of ether oxygens (including phenoxy) is 1. The van der Waals surface area contributed by atoms with E-state index in [0.717, 1.165) is 5.56 Å². The number of carbonyl (C=O) groups excluding carboxylic acids is 1. The van der Waals surface area contributed by atoms with Crippen LogP contribution in [0.3, 0.4) is 0 Å². The summed E-state index contributed by atoms with van der Waals surface area (Å²) < 4.78 is 19.9. The molecule has 0 fully saturated rings. The molecule has 1 amide bonds. The Kier molecular flexibility index (Phi) is 5.52. The van der Waals surface area contributed by atoms with Crippen LogP contribution in [0.5, 0.6) is 5.88 Å². The Hall–Kier alpha value is -2.87. The molecule has 6 nitrogen and oxygen atoms in total. The van der Waals surface area contributed by atoms with Crippen LogP contribution < -0.4 is 10.1 Å². The molecular formula is C18H17FN4O2S. The molecule has 0 spiro atoms. The summed E-state index contributed by atoms with van der Waals surface area (Å²) >= 11 is 1.41. The van der Waals surface area contributed by atoms with Crippen LogP contribution in [0.15, 0.2) is 53.9 Å². The lowest BCUT2D eigenvalue weighted by Crippen LogP contribution is -2.25. The van der Waals surface area contributed by atoms with Gasteiger partial charge < -0.3 is 10.1 Å². The quantitative estimate of drug-likeness (QED) is 0.674. The van der Waals surface area contributed by atoms with E-state index in [1.54, 1.807) is 36.1 Å². The smallest absolute Gasteiger partial charge is 0.270 e. The van der Waals surface area contributed by atoms with Crippen molar-refractivity contribution in [2.75, 3.05) is 13.4 Å². The summed E-state index contributed by atoms with van der Waals surface area (Å²) in [6.07, 6.45) is 5.02. The lowest BCUT2D eigenvalue weighted by atomic mass is 10.2. The predicted molar refractivity (Wildman–Crippen MR) is 97.3 cm³/mol. The van der Waals surface area contributed by atoms with Gasteiger partial charge in [-0.2, -0.15) is 0 Å². The van der Waals surface area contributed by atoms with Gasteiger partial charge in [-0.15, -0.1) is 0 Å². The molecule has 0 atom stereocenters. The Morgan fingerprint density at radius 2 is 1.96 bits per heavy atom. The fourth-order valence-electron chi connectivity index (χ4n) is 2.39. The lowest BCUT2D eigenvalue weighted by Gasteiger charge is -2.11. The minimum absolute atomic E-state index is 0.280. The molecule has 2 heterocycles. The molecule has 0 aliphatic rings. The molecule has 3 aromatic rings. The number of halogens is 1. The average Bonchev–Trinajstić information content (AvgIpc) is 3.11. The highest BCUT2D eigenvalue weighted by atomic mass is 32.2. The zero-order valence-electron chi connectivity index (χ0n) is 14.3. The van der Waals surface area contributed by atoms with E-state index >= 15 is 0 Å². The standard InChI is InChI=1S/C18H17FN4O2S/c1-25-16-8-3-12(9-20-16)10-21-17(24)15-11-22-18(26-2)23(15)14-6-4-13(19)5-7-14/h3-9,11H,10H2,1-2H3,(H,21,24). The van der Waals surface area contributed by atoms with Crippen molar-refractivity contribution in [3.63, 3.8) is 0 Å². The number of nitrogens with zero attached hydrogens (tertiary/aromatic N) is 3. The van der Waals surface area contributed by atoms with Crippen LogP contribution in [0, 0.1) is 5.82 Å². The average molecular weight is 372 g/mol. The normalized spacial score (nSPS) is 10.6. The van der Waals surface area contributed by atoms with Gasteiger partial charge in [0.25, 0.3) is 5.91 Å². The predicted octanol–water partition coefficient (Wildman–Crippen LogP) is 3.07. The number of thioether (sulfide) groups is 1. The SMILES string of the molecule is COc1ccc(CNC(=O)c2cnc(SC)n2-c2ccc(F)cc2)cn1. The second kappa shape index (κ2) is 8.01. The van der Waals surface area contributed by atoms with Gasteiger partial charge in [0.15, 0.2) is 5.16 Å². The first-order valence-corrected chi connectivity index (χ1v) is 8.99. The molecular weight excluding hydrogens is 355 g/mol. The van der Waals surface area contributed by atoms with E-state index in [2.05, 4.69) is 15.3 Å². The zero-order chi connectivity index (χ0) is 18.5. The summed E-state index contributed by atoms with van der Waals surface area (Å²) in [6.45, 7) is 0.318. The van der Waals surface area contributed by atoms with Gasteiger partial charge in [-0.25, -0.2) is 14.4 Å². The van der Waals surface area contributed by atoms with Crippen molar-refractivity contribution in [1.29, 1.82) is 0 Å². The number of rotatable bonds is 6. The second-order valence-electron chi connectivity index (χ2n) is 5.33. The number of pyridine rings is 1. The Balaban J connectivity index is 1.80. The monoisotopic (exact) mass is 372 g/mol. The summed E-state index contributed by atoms with van der Waals surface area (Å²) in [7, 11) is 1.55. The molecule has 1 aromatic carbocycles. The number of imidazole rings is 1. The van der Waals surface area contributed by atoms with Gasteiger partial charge in [-0.3, -0.25) is 9.36 Å². The molecule has 134 valence electrons. The van der Waals surface area contributed by atoms with Crippen LogP contribution in [0.4, 0.5) is 4.39 Å². The molecule has 3 rings (SSSR count). The van der Waals surface area contributed by atoms with Crippen LogP contribution >= 0.6 is 11.8 Å². The third kappa shape index (κ3) is 3.85. The van der Waals surface area contributed by atoms with Crippen molar-refractivity contribution in [2.24, 2.45) is 0 Å². The summed E-state index contributed by atoms with van der Waals surface area (Å²) in [6, 6.07) is 9.49. The number of hydrogen-bond acceptors (Lipinski definition) is 5. The van der Waals surface area contributed by atoms with Gasteiger partial charge in [0.05, 0.1) is 13.3 Å². The van der Waals surface area contributed by atoms with E-state index in [1.165, 1.54) is 30.1 Å². The van der Waals surface area contributed by atoms with Gasteiger partial charge in [-0.05, 0) is 36.1 Å². The molecule has 0 bridgehead atoms. The summed E-state index contributed by atoms with van der Waals surface area (Å²) in [5.41, 5.74) is 1.89. The Bertz CT molecular complexity index is 895. The van der Waals surface area contributed by atoms with Gasteiger partial charge in [0.1, 0.15) is 11.5 Å². The van der Waals surface area contributed by atoms with Crippen molar-refractivity contribution in [1.82, 2.24) is 19.9 Å². The van der Waals surface area contributed by atoms with E-state index < -0.39 is 0 Å². The molecule has 0 saturated heterocycles. The van der Waals surface area contributed by atoms with Crippen LogP contribution in [0.2, 0.25) is 0 Å². The number of benzene rings is 1. The number of carbonyl (C=O) groups is 1. The maximum absolute atomic E-state index is 13.2. The number of aromatic nitrogens is 3. The lowest BCUT2D eigenvalue weighted by molar-refractivity contribution is 0.0943. The third-order valence-electron chi connectivity index (χ3n) is 3.69. The van der Waals surface area contributed by atoms with Gasteiger partial charge in [0, 0.05) is 24.5 Å². The van der Waals surface area contributed by atoms with Gasteiger partial charge in [0.2, 0.25) is 5.88 Å². The fourth-order valence-corrected chi connectivity index (χ4v) is 2.93. The number of methoxy groups -OCH3 is 1. The molecule has 0 saturated carbocycles. The summed E-state index contributed by atoms with van der Waals surface area (Å²) in [5, 5.41) is 3.49. The first kappa shape index (κ1) is 17.9. The maximum Gasteiger partial charge on any atom is 0.270 e. The van der Waals surface area contributed by atoms with E-state index in [4.69, 9.17) is 4.74 Å². The molecule has 0 radical (unpaired) electrons. The highest BCUT2D eigenvalue weighted by molar-refractivity contribution is 7.98. The Labute approximate surface area is 154 Å². The fraction of sp³-hybridized carbons (Fsp3) is 0.167. The molecule has 26 heavy (non-hydrogen) atoms.